The standard InChI is InChI=1S/C23H24N2OS/c1-7-12-25-19-13-15(2)16(3)14-20(19)27-22(25)24-21(26)17-8-10-18(11-9-17)23(4,5)6/h1,8-11,13-14H,12H2,2-6H3. The van der Waals surface area contributed by atoms with Crippen LogP contribution in [0, 0.1) is 26.2 Å². The van der Waals surface area contributed by atoms with Gasteiger partial charge in [0.25, 0.3) is 5.91 Å². The monoisotopic (exact) mass is 376 g/mol. The fourth-order valence-electron chi connectivity index (χ4n) is 2.92. The van der Waals surface area contributed by atoms with Crippen LogP contribution in [0.1, 0.15) is 47.8 Å². The first kappa shape index (κ1) is 19.1. The van der Waals surface area contributed by atoms with E-state index in [4.69, 9.17) is 6.42 Å². The van der Waals surface area contributed by atoms with Crippen molar-refractivity contribution in [1.82, 2.24) is 4.57 Å². The van der Waals surface area contributed by atoms with E-state index in [2.05, 4.69) is 57.7 Å². The maximum Gasteiger partial charge on any atom is 0.279 e. The van der Waals surface area contributed by atoms with Gasteiger partial charge in [0.2, 0.25) is 0 Å². The molecule has 3 aromatic rings. The van der Waals surface area contributed by atoms with Crippen LogP contribution in [0.3, 0.4) is 0 Å². The Labute approximate surface area is 164 Å². The van der Waals surface area contributed by atoms with Gasteiger partial charge in [-0.1, -0.05) is 50.2 Å². The number of rotatable bonds is 2. The number of thiazole rings is 1. The van der Waals surface area contributed by atoms with Crippen LogP contribution in [0.25, 0.3) is 10.2 Å². The quantitative estimate of drug-likeness (QED) is 0.580. The first-order chi connectivity index (χ1) is 12.7. The minimum absolute atomic E-state index is 0.0513. The minimum atomic E-state index is -0.249. The van der Waals surface area contributed by atoms with Gasteiger partial charge in [0, 0.05) is 5.56 Å². The summed E-state index contributed by atoms with van der Waals surface area (Å²) in [6, 6.07) is 11.9. The van der Waals surface area contributed by atoms with E-state index >= 15 is 0 Å². The van der Waals surface area contributed by atoms with Gasteiger partial charge >= 0.3 is 0 Å². The number of benzene rings is 2. The molecule has 0 N–H and O–H groups in total. The van der Waals surface area contributed by atoms with Crippen molar-refractivity contribution < 1.29 is 4.79 Å². The molecule has 1 heterocycles. The van der Waals surface area contributed by atoms with Crippen LogP contribution in [0.4, 0.5) is 0 Å². The first-order valence-corrected chi connectivity index (χ1v) is 9.76. The fourth-order valence-corrected chi connectivity index (χ4v) is 4.02. The highest BCUT2D eigenvalue weighted by Gasteiger charge is 2.15. The summed E-state index contributed by atoms with van der Waals surface area (Å²) in [5, 5.41) is 0. The number of aryl methyl sites for hydroxylation is 2. The van der Waals surface area contributed by atoms with Crippen molar-refractivity contribution in [2.45, 2.75) is 46.6 Å². The summed E-state index contributed by atoms with van der Waals surface area (Å²) in [4.78, 5) is 17.7. The Morgan fingerprint density at radius 3 is 2.37 bits per heavy atom. The summed E-state index contributed by atoms with van der Waals surface area (Å²) in [6.45, 7) is 11.0. The SMILES string of the molecule is C#CCn1c(=NC(=O)c2ccc(C(C)(C)C)cc2)sc2cc(C)c(C)cc21. The zero-order valence-electron chi connectivity index (χ0n) is 16.5. The summed E-state index contributed by atoms with van der Waals surface area (Å²) in [5.74, 6) is 2.42. The second-order valence-electron chi connectivity index (χ2n) is 7.82. The number of amides is 1. The zero-order chi connectivity index (χ0) is 19.8. The third kappa shape index (κ3) is 3.89. The summed E-state index contributed by atoms with van der Waals surface area (Å²) >= 11 is 1.50. The van der Waals surface area contributed by atoms with E-state index in [1.54, 1.807) is 0 Å². The molecular formula is C23H24N2OS. The van der Waals surface area contributed by atoms with E-state index in [0.29, 0.717) is 16.9 Å². The molecule has 3 rings (SSSR count). The van der Waals surface area contributed by atoms with E-state index in [-0.39, 0.29) is 11.3 Å². The number of carbonyl (C=O) groups excluding carboxylic acids is 1. The van der Waals surface area contributed by atoms with Crippen molar-refractivity contribution in [2.75, 3.05) is 0 Å². The molecule has 2 aromatic carbocycles. The molecule has 0 radical (unpaired) electrons. The molecule has 0 saturated carbocycles. The zero-order valence-corrected chi connectivity index (χ0v) is 17.3. The smallest absolute Gasteiger partial charge is 0.279 e. The van der Waals surface area contributed by atoms with Crippen LogP contribution in [0.15, 0.2) is 41.4 Å². The highest BCUT2D eigenvalue weighted by atomic mass is 32.1. The van der Waals surface area contributed by atoms with Gasteiger partial charge in [-0.3, -0.25) is 4.79 Å². The number of nitrogens with zero attached hydrogens (tertiary/aromatic N) is 2. The largest absolute Gasteiger partial charge is 0.305 e. The molecule has 27 heavy (non-hydrogen) atoms. The van der Waals surface area contributed by atoms with Crippen LogP contribution >= 0.6 is 11.3 Å². The second-order valence-corrected chi connectivity index (χ2v) is 8.83. The Kier molecular flexibility index (Phi) is 5.08. The van der Waals surface area contributed by atoms with Gasteiger partial charge in [-0.25, -0.2) is 0 Å². The molecule has 0 saturated heterocycles. The molecule has 0 bridgehead atoms. The topological polar surface area (TPSA) is 34.4 Å². The summed E-state index contributed by atoms with van der Waals surface area (Å²) < 4.78 is 3.02. The molecule has 0 fully saturated rings. The Hall–Kier alpha value is -2.64. The van der Waals surface area contributed by atoms with Gasteiger partial charge in [-0.15, -0.1) is 6.42 Å². The Morgan fingerprint density at radius 1 is 1.15 bits per heavy atom. The van der Waals surface area contributed by atoms with Crippen molar-refractivity contribution in [2.24, 2.45) is 4.99 Å². The van der Waals surface area contributed by atoms with Gasteiger partial charge in [-0.05, 0) is 60.2 Å². The average Bonchev–Trinajstić information content (AvgIpc) is 2.91. The van der Waals surface area contributed by atoms with Crippen LogP contribution in [0.2, 0.25) is 0 Å². The van der Waals surface area contributed by atoms with Crippen molar-refractivity contribution >= 4 is 27.5 Å². The average molecular weight is 377 g/mol. The predicted molar refractivity (Wildman–Crippen MR) is 113 cm³/mol. The van der Waals surface area contributed by atoms with E-state index in [0.717, 1.165) is 10.2 Å². The molecule has 0 spiro atoms. The number of terminal acetylenes is 1. The number of hydrogen-bond acceptors (Lipinski definition) is 2. The van der Waals surface area contributed by atoms with E-state index in [1.165, 1.54) is 28.0 Å². The molecule has 0 aliphatic heterocycles. The van der Waals surface area contributed by atoms with Crippen LogP contribution in [-0.4, -0.2) is 10.5 Å². The number of fused-ring (bicyclic) bond motifs is 1. The molecule has 0 aliphatic rings. The molecule has 0 atom stereocenters. The molecule has 0 unspecified atom stereocenters. The van der Waals surface area contributed by atoms with Gasteiger partial charge < -0.3 is 4.57 Å². The van der Waals surface area contributed by atoms with E-state index in [9.17, 15) is 4.79 Å². The van der Waals surface area contributed by atoms with E-state index < -0.39 is 0 Å². The van der Waals surface area contributed by atoms with Crippen LogP contribution in [0.5, 0.6) is 0 Å². The van der Waals surface area contributed by atoms with Crippen molar-refractivity contribution in [3.63, 3.8) is 0 Å². The third-order valence-electron chi connectivity index (χ3n) is 4.74. The summed E-state index contributed by atoms with van der Waals surface area (Å²) in [5.41, 5.74) is 5.26. The van der Waals surface area contributed by atoms with Gasteiger partial charge in [-0.2, -0.15) is 4.99 Å². The number of aromatic nitrogens is 1. The van der Waals surface area contributed by atoms with Gasteiger partial charge in [0.05, 0.1) is 16.8 Å². The molecule has 1 amide bonds. The molecule has 138 valence electrons. The lowest BCUT2D eigenvalue weighted by Crippen LogP contribution is -2.16. The highest BCUT2D eigenvalue weighted by Crippen LogP contribution is 2.23. The predicted octanol–water partition coefficient (Wildman–Crippen LogP) is 4.99. The molecular weight excluding hydrogens is 352 g/mol. The van der Waals surface area contributed by atoms with Crippen LogP contribution < -0.4 is 4.80 Å². The second kappa shape index (κ2) is 7.17. The number of hydrogen-bond donors (Lipinski definition) is 0. The van der Waals surface area contributed by atoms with Crippen molar-refractivity contribution in [3.8, 4) is 12.3 Å². The highest BCUT2D eigenvalue weighted by molar-refractivity contribution is 7.16. The lowest BCUT2D eigenvalue weighted by atomic mass is 9.87. The summed E-state index contributed by atoms with van der Waals surface area (Å²) in [6.07, 6.45) is 5.55. The van der Waals surface area contributed by atoms with Crippen LogP contribution in [-0.2, 0) is 12.0 Å². The normalized spacial score (nSPS) is 12.4. The number of carbonyl (C=O) groups is 1. The molecule has 1 aromatic heterocycles. The molecule has 4 heteroatoms. The molecule has 3 nitrogen and oxygen atoms in total. The fraction of sp³-hybridized carbons (Fsp3) is 0.304. The Bertz CT molecular complexity index is 1120. The molecule has 0 aliphatic carbocycles. The van der Waals surface area contributed by atoms with Gasteiger partial charge in [0.15, 0.2) is 4.80 Å². The van der Waals surface area contributed by atoms with Crippen molar-refractivity contribution in [1.29, 1.82) is 0 Å². The van der Waals surface area contributed by atoms with E-state index in [1.807, 2.05) is 28.8 Å². The third-order valence-corrected chi connectivity index (χ3v) is 5.78. The summed E-state index contributed by atoms with van der Waals surface area (Å²) in [7, 11) is 0. The maximum absolute atomic E-state index is 12.7. The Morgan fingerprint density at radius 2 is 1.78 bits per heavy atom. The maximum atomic E-state index is 12.7. The van der Waals surface area contributed by atoms with Crippen molar-refractivity contribution in [3.05, 3.63) is 63.5 Å². The lowest BCUT2D eigenvalue weighted by molar-refractivity contribution is 0.0998. The Balaban J connectivity index is 2.08. The van der Waals surface area contributed by atoms with Gasteiger partial charge in [0.1, 0.15) is 0 Å². The first-order valence-electron chi connectivity index (χ1n) is 8.94. The minimum Gasteiger partial charge on any atom is -0.305 e. The lowest BCUT2D eigenvalue weighted by Gasteiger charge is -2.18.